The number of ether oxygens (including phenoxy) is 1. The van der Waals surface area contributed by atoms with Crippen molar-refractivity contribution < 1.29 is 22.7 Å². The van der Waals surface area contributed by atoms with Gasteiger partial charge in [-0.3, -0.25) is 4.79 Å². The SMILES string of the molecule is CCOC(=O)CC(NC(=O)NS(=O)(=O)c1ccccc1Cl)c1ccc(C(C)C)cc1. The van der Waals surface area contributed by atoms with Crippen LogP contribution in [0, 0.1) is 0 Å². The molecule has 2 rings (SSSR count). The van der Waals surface area contributed by atoms with Crippen LogP contribution in [0.4, 0.5) is 4.79 Å². The van der Waals surface area contributed by atoms with Crippen molar-refractivity contribution >= 4 is 33.6 Å². The Balaban J connectivity index is 2.21. The van der Waals surface area contributed by atoms with Crippen LogP contribution in [0.5, 0.6) is 0 Å². The summed E-state index contributed by atoms with van der Waals surface area (Å²) < 4.78 is 31.9. The largest absolute Gasteiger partial charge is 0.466 e. The second-order valence-electron chi connectivity index (χ2n) is 6.89. The molecule has 0 saturated heterocycles. The highest BCUT2D eigenvalue weighted by Gasteiger charge is 2.24. The number of benzene rings is 2. The molecule has 0 radical (unpaired) electrons. The van der Waals surface area contributed by atoms with Crippen molar-refractivity contribution in [2.24, 2.45) is 0 Å². The van der Waals surface area contributed by atoms with Gasteiger partial charge in [-0.15, -0.1) is 0 Å². The molecule has 9 heteroatoms. The van der Waals surface area contributed by atoms with Gasteiger partial charge in [-0.2, -0.15) is 0 Å². The Kier molecular flexibility index (Phi) is 8.25. The third-order valence-electron chi connectivity index (χ3n) is 4.34. The Bertz CT molecular complexity index is 991. The lowest BCUT2D eigenvalue weighted by atomic mass is 9.98. The van der Waals surface area contributed by atoms with E-state index < -0.39 is 28.1 Å². The smallest absolute Gasteiger partial charge is 0.329 e. The summed E-state index contributed by atoms with van der Waals surface area (Å²) in [6.45, 7) is 5.98. The number of hydrogen-bond donors (Lipinski definition) is 2. The van der Waals surface area contributed by atoms with Gasteiger partial charge in [-0.05, 0) is 36.1 Å². The monoisotopic (exact) mass is 452 g/mol. The maximum absolute atomic E-state index is 12.5. The van der Waals surface area contributed by atoms with E-state index in [9.17, 15) is 18.0 Å². The molecule has 2 amide bonds. The zero-order chi connectivity index (χ0) is 22.3. The molecule has 7 nitrogen and oxygen atoms in total. The molecule has 162 valence electrons. The van der Waals surface area contributed by atoms with Gasteiger partial charge in [-0.25, -0.2) is 17.9 Å². The fourth-order valence-corrected chi connectivity index (χ4v) is 4.22. The maximum atomic E-state index is 12.5. The molecule has 0 aliphatic rings. The number of carbonyl (C=O) groups is 2. The molecule has 2 aromatic rings. The van der Waals surface area contributed by atoms with Crippen LogP contribution >= 0.6 is 11.6 Å². The highest BCUT2D eigenvalue weighted by Crippen LogP contribution is 2.23. The van der Waals surface area contributed by atoms with E-state index in [1.807, 2.05) is 16.9 Å². The lowest BCUT2D eigenvalue weighted by molar-refractivity contribution is -0.143. The van der Waals surface area contributed by atoms with Crippen LogP contribution in [-0.4, -0.2) is 27.0 Å². The summed E-state index contributed by atoms with van der Waals surface area (Å²) in [4.78, 5) is 24.2. The highest BCUT2D eigenvalue weighted by atomic mass is 35.5. The first-order valence-corrected chi connectivity index (χ1v) is 11.3. The van der Waals surface area contributed by atoms with Crippen LogP contribution in [-0.2, 0) is 19.6 Å². The molecule has 0 fully saturated rings. The fraction of sp³-hybridized carbons (Fsp3) is 0.333. The molecule has 2 N–H and O–H groups in total. The van der Waals surface area contributed by atoms with Gasteiger partial charge in [-0.1, -0.05) is 61.8 Å². The van der Waals surface area contributed by atoms with Crippen molar-refractivity contribution in [3.63, 3.8) is 0 Å². The van der Waals surface area contributed by atoms with Gasteiger partial charge in [0.15, 0.2) is 0 Å². The van der Waals surface area contributed by atoms with Crippen molar-refractivity contribution in [3.8, 4) is 0 Å². The van der Waals surface area contributed by atoms with E-state index in [-0.39, 0.29) is 22.9 Å². The molecular formula is C21H25ClN2O5S. The summed E-state index contributed by atoms with van der Waals surface area (Å²) >= 11 is 5.93. The normalized spacial score (nSPS) is 12.3. The van der Waals surface area contributed by atoms with Crippen molar-refractivity contribution in [1.29, 1.82) is 0 Å². The topological polar surface area (TPSA) is 102 Å². The van der Waals surface area contributed by atoms with E-state index in [0.717, 1.165) is 5.56 Å². The molecule has 0 heterocycles. The van der Waals surface area contributed by atoms with Crippen LogP contribution in [0.25, 0.3) is 0 Å². The second-order valence-corrected chi connectivity index (χ2v) is 8.95. The Morgan fingerprint density at radius 1 is 1.03 bits per heavy atom. The average molecular weight is 453 g/mol. The third kappa shape index (κ3) is 6.47. The Hall–Kier alpha value is -2.58. The van der Waals surface area contributed by atoms with Gasteiger partial charge in [0.1, 0.15) is 4.90 Å². The summed E-state index contributed by atoms with van der Waals surface area (Å²) in [7, 11) is -4.18. The minimum atomic E-state index is -4.18. The number of sulfonamides is 1. The predicted octanol–water partition coefficient (Wildman–Crippen LogP) is 4.15. The predicted molar refractivity (Wildman–Crippen MR) is 115 cm³/mol. The van der Waals surface area contributed by atoms with E-state index in [4.69, 9.17) is 16.3 Å². The van der Waals surface area contributed by atoms with Gasteiger partial charge in [0.25, 0.3) is 10.0 Å². The third-order valence-corrected chi connectivity index (χ3v) is 6.17. The number of carbonyl (C=O) groups excluding carboxylic acids is 2. The molecule has 1 unspecified atom stereocenters. The lowest BCUT2D eigenvalue weighted by Crippen LogP contribution is -2.41. The Labute approximate surface area is 181 Å². The van der Waals surface area contributed by atoms with Crippen LogP contribution in [0.15, 0.2) is 53.4 Å². The number of hydrogen-bond acceptors (Lipinski definition) is 5. The number of nitrogens with one attached hydrogen (secondary N) is 2. The number of rotatable bonds is 8. The molecule has 0 aliphatic heterocycles. The first kappa shape index (κ1) is 23.7. The first-order chi connectivity index (χ1) is 14.1. The number of amides is 2. The minimum absolute atomic E-state index is 0.00912. The Morgan fingerprint density at radius 2 is 1.63 bits per heavy atom. The number of urea groups is 1. The van der Waals surface area contributed by atoms with Crippen LogP contribution < -0.4 is 10.0 Å². The molecule has 1 atom stereocenters. The van der Waals surface area contributed by atoms with E-state index >= 15 is 0 Å². The van der Waals surface area contributed by atoms with Crippen molar-refractivity contribution in [2.45, 2.75) is 44.0 Å². The standard InChI is InChI=1S/C21H25ClN2O5S/c1-4-29-20(25)13-18(16-11-9-15(10-12-16)14(2)3)23-21(26)24-30(27,28)19-8-6-5-7-17(19)22/h5-12,14,18H,4,13H2,1-3H3,(H2,23,24,26). The quantitative estimate of drug-likeness (QED) is 0.586. The highest BCUT2D eigenvalue weighted by molar-refractivity contribution is 7.90. The van der Waals surface area contributed by atoms with Crippen LogP contribution in [0.2, 0.25) is 5.02 Å². The zero-order valence-electron chi connectivity index (χ0n) is 17.0. The fourth-order valence-electron chi connectivity index (χ4n) is 2.78. The number of halogens is 1. The zero-order valence-corrected chi connectivity index (χ0v) is 18.6. The van der Waals surface area contributed by atoms with Gasteiger partial charge in [0.05, 0.1) is 24.1 Å². The summed E-state index contributed by atoms with van der Waals surface area (Å²) in [5.74, 6) is -0.190. The summed E-state index contributed by atoms with van der Waals surface area (Å²) in [6.07, 6.45) is -0.144. The van der Waals surface area contributed by atoms with Gasteiger partial charge < -0.3 is 10.1 Å². The van der Waals surface area contributed by atoms with Gasteiger partial charge in [0.2, 0.25) is 0 Å². The maximum Gasteiger partial charge on any atom is 0.329 e. The van der Waals surface area contributed by atoms with Gasteiger partial charge in [0, 0.05) is 0 Å². The molecular weight excluding hydrogens is 428 g/mol. The van der Waals surface area contributed by atoms with E-state index in [1.54, 1.807) is 25.1 Å². The molecule has 0 aliphatic carbocycles. The molecule has 0 aromatic heterocycles. The summed E-state index contributed by atoms with van der Waals surface area (Å²) in [6, 6.07) is 11.4. The number of esters is 1. The Morgan fingerprint density at radius 3 is 2.20 bits per heavy atom. The lowest BCUT2D eigenvalue weighted by Gasteiger charge is -2.20. The van der Waals surface area contributed by atoms with Gasteiger partial charge >= 0.3 is 12.0 Å². The van der Waals surface area contributed by atoms with E-state index in [0.29, 0.717) is 11.5 Å². The molecule has 0 saturated carbocycles. The molecule has 30 heavy (non-hydrogen) atoms. The summed E-state index contributed by atoms with van der Waals surface area (Å²) in [5, 5.41) is 2.53. The second kappa shape index (κ2) is 10.4. The van der Waals surface area contributed by atoms with Crippen molar-refractivity contribution in [3.05, 3.63) is 64.7 Å². The minimum Gasteiger partial charge on any atom is -0.466 e. The molecule has 0 spiro atoms. The molecule has 2 aromatic carbocycles. The van der Waals surface area contributed by atoms with E-state index in [1.165, 1.54) is 18.2 Å². The van der Waals surface area contributed by atoms with Crippen LogP contribution in [0.1, 0.15) is 50.3 Å². The summed E-state index contributed by atoms with van der Waals surface area (Å²) in [5.41, 5.74) is 1.75. The molecule has 0 bridgehead atoms. The van der Waals surface area contributed by atoms with E-state index in [2.05, 4.69) is 19.2 Å². The first-order valence-electron chi connectivity index (χ1n) is 9.47. The van der Waals surface area contributed by atoms with Crippen molar-refractivity contribution in [1.82, 2.24) is 10.0 Å². The average Bonchev–Trinajstić information content (AvgIpc) is 2.67. The van der Waals surface area contributed by atoms with Crippen LogP contribution in [0.3, 0.4) is 0 Å². The van der Waals surface area contributed by atoms with Crippen molar-refractivity contribution in [2.75, 3.05) is 6.61 Å².